The number of rotatable bonds is 10. The summed E-state index contributed by atoms with van der Waals surface area (Å²) in [5.74, 6) is 0.650. The molecule has 1 saturated heterocycles. The monoisotopic (exact) mass is 644 g/mol. The summed E-state index contributed by atoms with van der Waals surface area (Å²) >= 11 is 4.79. The van der Waals surface area contributed by atoms with Crippen molar-refractivity contribution in [3.8, 4) is 11.5 Å². The average Bonchev–Trinajstić information content (AvgIpc) is 3.32. The number of aryl methyl sites for hydroxylation is 1. The predicted molar refractivity (Wildman–Crippen MR) is 173 cm³/mol. The van der Waals surface area contributed by atoms with Gasteiger partial charge in [0, 0.05) is 12.1 Å². The van der Waals surface area contributed by atoms with Crippen molar-refractivity contribution in [2.45, 2.75) is 32.1 Å². The number of halogens is 1. The minimum atomic E-state index is -0.582. The fourth-order valence-corrected chi connectivity index (χ4v) is 5.88. The highest BCUT2D eigenvalue weighted by Gasteiger charge is 2.32. The number of amides is 2. The Morgan fingerprint density at radius 3 is 2.67 bits per heavy atom. The summed E-state index contributed by atoms with van der Waals surface area (Å²) in [4.78, 5) is 24.8. The van der Waals surface area contributed by atoms with Gasteiger partial charge < -0.3 is 20.1 Å². The third kappa shape index (κ3) is 7.37. The number of fused-ring (bicyclic) bond motifs is 1. The second-order valence-corrected chi connectivity index (χ2v) is 11.6. The lowest BCUT2D eigenvalue weighted by Gasteiger charge is -2.15. The van der Waals surface area contributed by atoms with Crippen LogP contribution in [-0.4, -0.2) is 35.1 Å². The minimum absolute atomic E-state index is 0.0258. The lowest BCUT2D eigenvalue weighted by Crippen LogP contribution is -2.28. The molecule has 0 saturated carbocycles. The van der Waals surface area contributed by atoms with Crippen LogP contribution in [0.25, 0.3) is 10.8 Å². The molecule has 8 nitrogen and oxygen atoms in total. The van der Waals surface area contributed by atoms with Crippen molar-refractivity contribution in [2.75, 3.05) is 11.9 Å². The number of ether oxygens (including phenoxy) is 2. The van der Waals surface area contributed by atoms with Gasteiger partial charge in [-0.1, -0.05) is 71.9 Å². The van der Waals surface area contributed by atoms with Gasteiger partial charge in [-0.25, -0.2) is 0 Å². The van der Waals surface area contributed by atoms with E-state index in [1.807, 2.05) is 68.4 Å². The Labute approximate surface area is 256 Å². The molecule has 0 aromatic heterocycles. The molecule has 2 amide bonds. The number of carbonyl (C=O) groups is 2. The number of thioether (sulfide) groups is 1. The number of benzene rings is 4. The molecule has 2 N–H and O–H groups in total. The van der Waals surface area contributed by atoms with Crippen LogP contribution in [0.2, 0.25) is 0 Å². The van der Waals surface area contributed by atoms with Gasteiger partial charge in [-0.05, 0) is 75.9 Å². The van der Waals surface area contributed by atoms with Crippen LogP contribution in [0.1, 0.15) is 30.0 Å². The number of hydrogen-bond donors (Lipinski definition) is 2. The van der Waals surface area contributed by atoms with E-state index in [0.29, 0.717) is 40.0 Å². The maximum atomic E-state index is 12.4. The van der Waals surface area contributed by atoms with Crippen LogP contribution in [0.4, 0.5) is 5.69 Å². The van der Waals surface area contributed by atoms with Crippen molar-refractivity contribution >= 4 is 67.3 Å². The normalized spacial score (nSPS) is 15.7. The summed E-state index contributed by atoms with van der Waals surface area (Å²) in [5, 5.41) is 15.9. The van der Waals surface area contributed by atoms with Gasteiger partial charge in [-0.3, -0.25) is 9.59 Å². The van der Waals surface area contributed by atoms with E-state index in [2.05, 4.69) is 61.0 Å². The minimum Gasteiger partial charge on any atom is -0.490 e. The molecule has 1 aliphatic rings. The van der Waals surface area contributed by atoms with Crippen molar-refractivity contribution in [1.29, 1.82) is 0 Å². The number of nitrogens with zero attached hydrogens (tertiary/aromatic N) is 2. The number of hydrogen-bond acceptors (Lipinski definition) is 7. The molecular formula is C32H29BrN4O4S. The van der Waals surface area contributed by atoms with E-state index in [4.69, 9.17) is 9.47 Å². The van der Waals surface area contributed by atoms with Crippen LogP contribution in [0.5, 0.6) is 11.5 Å². The first-order valence-electron chi connectivity index (χ1n) is 13.4. The molecule has 214 valence electrons. The second-order valence-electron chi connectivity index (χ2n) is 9.55. The van der Waals surface area contributed by atoms with Crippen LogP contribution >= 0.6 is 27.7 Å². The Balaban J connectivity index is 1.23. The number of amidine groups is 1. The maximum absolute atomic E-state index is 12.4. The summed E-state index contributed by atoms with van der Waals surface area (Å²) in [7, 11) is 0. The molecule has 1 heterocycles. The molecule has 0 unspecified atom stereocenters. The first-order chi connectivity index (χ1) is 20.4. The Kier molecular flexibility index (Phi) is 9.55. The third-order valence-corrected chi connectivity index (χ3v) is 8.08. The maximum Gasteiger partial charge on any atom is 0.240 e. The van der Waals surface area contributed by atoms with Crippen LogP contribution in [0.3, 0.4) is 0 Å². The molecular weight excluding hydrogens is 616 g/mol. The first-order valence-corrected chi connectivity index (χ1v) is 15.1. The summed E-state index contributed by atoms with van der Waals surface area (Å²) in [6, 6.07) is 25.5. The quantitative estimate of drug-likeness (QED) is 0.145. The van der Waals surface area contributed by atoms with Gasteiger partial charge in [0.25, 0.3) is 0 Å². The van der Waals surface area contributed by atoms with Crippen LogP contribution in [-0.2, 0) is 16.2 Å². The average molecular weight is 646 g/mol. The lowest BCUT2D eigenvalue weighted by molar-refractivity contribution is -0.122. The highest BCUT2D eigenvalue weighted by Crippen LogP contribution is 2.37. The van der Waals surface area contributed by atoms with Crippen molar-refractivity contribution in [2.24, 2.45) is 10.2 Å². The van der Waals surface area contributed by atoms with E-state index in [1.54, 1.807) is 6.21 Å². The lowest BCUT2D eigenvalue weighted by atomic mass is 10.1. The van der Waals surface area contributed by atoms with Gasteiger partial charge in [0.2, 0.25) is 11.8 Å². The van der Waals surface area contributed by atoms with Gasteiger partial charge in [0.1, 0.15) is 11.9 Å². The van der Waals surface area contributed by atoms with Gasteiger partial charge in [-0.15, -0.1) is 5.10 Å². The molecule has 0 bridgehead atoms. The van der Waals surface area contributed by atoms with Crippen LogP contribution in [0, 0.1) is 6.92 Å². The number of anilines is 1. The standard InChI is InChI=1S/C32H29BrN4O4S/c1-3-40-27-16-21(15-26(33)30(27)41-19-23-9-6-8-22-7-4-5-10-25(22)23)18-34-37-32-36-31(39)28(42-32)17-29(38)35-24-13-11-20(2)12-14-24/h4-16,18,28H,3,17,19H2,1-2H3,(H,35,38)(H,36,37,39)/b34-18-/t28-/m0/s1. The molecule has 0 spiro atoms. The predicted octanol–water partition coefficient (Wildman–Crippen LogP) is 6.84. The van der Waals surface area contributed by atoms with Crippen molar-refractivity contribution in [3.05, 3.63) is 100 Å². The highest BCUT2D eigenvalue weighted by molar-refractivity contribution is 9.10. The Bertz CT molecular complexity index is 1670. The van der Waals surface area contributed by atoms with Gasteiger partial charge in [0.05, 0.1) is 17.3 Å². The molecule has 42 heavy (non-hydrogen) atoms. The van der Waals surface area contributed by atoms with E-state index >= 15 is 0 Å². The Hall–Kier alpha value is -4.15. The molecule has 4 aromatic rings. The van der Waals surface area contributed by atoms with E-state index in [-0.39, 0.29) is 18.2 Å². The number of nitrogens with one attached hydrogen (secondary N) is 2. The molecule has 1 fully saturated rings. The van der Waals surface area contributed by atoms with Crippen molar-refractivity contribution in [1.82, 2.24) is 5.32 Å². The fourth-order valence-electron chi connectivity index (χ4n) is 4.39. The molecule has 1 atom stereocenters. The van der Waals surface area contributed by atoms with Gasteiger partial charge in [0.15, 0.2) is 16.7 Å². The fraction of sp³-hybridized carbons (Fsp3) is 0.188. The smallest absolute Gasteiger partial charge is 0.240 e. The van der Waals surface area contributed by atoms with Gasteiger partial charge in [-0.2, -0.15) is 5.10 Å². The Morgan fingerprint density at radius 1 is 1.07 bits per heavy atom. The molecule has 0 aliphatic carbocycles. The largest absolute Gasteiger partial charge is 0.490 e. The molecule has 5 rings (SSSR count). The van der Waals surface area contributed by atoms with Crippen LogP contribution in [0.15, 0.2) is 93.5 Å². The van der Waals surface area contributed by atoms with E-state index in [9.17, 15) is 9.59 Å². The highest BCUT2D eigenvalue weighted by atomic mass is 79.9. The third-order valence-electron chi connectivity index (χ3n) is 6.42. The Morgan fingerprint density at radius 2 is 1.86 bits per heavy atom. The zero-order valence-electron chi connectivity index (χ0n) is 23.1. The summed E-state index contributed by atoms with van der Waals surface area (Å²) in [5.41, 5.74) is 3.60. The summed E-state index contributed by atoms with van der Waals surface area (Å²) < 4.78 is 12.8. The molecule has 10 heteroatoms. The van der Waals surface area contributed by atoms with E-state index < -0.39 is 5.25 Å². The van der Waals surface area contributed by atoms with Crippen molar-refractivity contribution < 1.29 is 19.1 Å². The van der Waals surface area contributed by atoms with E-state index in [1.165, 1.54) is 11.8 Å². The second kappa shape index (κ2) is 13.7. The van der Waals surface area contributed by atoms with Crippen LogP contribution < -0.4 is 20.1 Å². The molecule has 4 aromatic carbocycles. The zero-order chi connectivity index (χ0) is 29.5. The number of carbonyl (C=O) groups excluding carboxylic acids is 2. The summed E-state index contributed by atoms with van der Waals surface area (Å²) in [6.07, 6.45) is 1.59. The first kappa shape index (κ1) is 29.3. The summed E-state index contributed by atoms with van der Waals surface area (Å²) in [6.45, 7) is 4.72. The van der Waals surface area contributed by atoms with Crippen molar-refractivity contribution in [3.63, 3.8) is 0 Å². The van der Waals surface area contributed by atoms with E-state index in [0.717, 1.165) is 27.5 Å². The molecule has 1 aliphatic heterocycles. The SMILES string of the molecule is CCOc1cc(/C=N\N=C2\NC(=O)[C@H](CC(=O)Nc3ccc(C)cc3)S2)cc(Br)c1OCc1cccc2ccccc12. The zero-order valence-corrected chi connectivity index (χ0v) is 25.5. The molecule has 0 radical (unpaired) electrons. The van der Waals surface area contributed by atoms with Gasteiger partial charge >= 0.3 is 0 Å². The topological polar surface area (TPSA) is 101 Å².